The third-order valence-electron chi connectivity index (χ3n) is 14.8. The number of hydrogen-bond donors (Lipinski definition) is 0. The van der Waals surface area contributed by atoms with Crippen molar-refractivity contribution in [3.63, 3.8) is 0 Å². The molecule has 0 amide bonds. The summed E-state index contributed by atoms with van der Waals surface area (Å²) >= 11 is 0. The van der Waals surface area contributed by atoms with E-state index in [0.717, 1.165) is 0 Å². The highest BCUT2D eigenvalue weighted by Crippen LogP contribution is 2.66. The molecule has 0 aliphatic carbocycles. The molecule has 0 fully saturated rings. The molecule has 0 saturated heterocycles. The second-order valence-corrected chi connectivity index (χ2v) is 65.0. The van der Waals surface area contributed by atoms with Crippen LogP contribution in [0.5, 0.6) is 0 Å². The molecule has 0 nitrogen and oxygen atoms in total. The molecule has 0 aromatic heterocycles. The average Bonchev–Trinajstić information content (AvgIpc) is 3.00. The van der Waals surface area contributed by atoms with Gasteiger partial charge in [-0.1, -0.05) is 242 Å². The summed E-state index contributed by atoms with van der Waals surface area (Å²) in [5, 5.41) is 4.70. The molecule has 2 aromatic carbocycles. The van der Waals surface area contributed by atoms with E-state index in [1.165, 1.54) is 11.1 Å². The van der Waals surface area contributed by atoms with E-state index >= 15 is 0 Å². The van der Waals surface area contributed by atoms with Gasteiger partial charge in [0.05, 0.1) is 30.8 Å². The van der Waals surface area contributed by atoms with Crippen LogP contribution < -0.4 is 10.4 Å². The van der Waals surface area contributed by atoms with Crippen LogP contribution in [0.3, 0.4) is 0 Å². The van der Waals surface area contributed by atoms with Crippen LogP contribution in [0, 0.1) is 0 Å². The highest BCUT2D eigenvalue weighted by atomic mass is 31.2. The molecule has 2 radical (unpaired) electrons. The van der Waals surface area contributed by atoms with E-state index in [4.69, 9.17) is 8.38 Å². The van der Waals surface area contributed by atoms with Gasteiger partial charge in [0.2, 0.25) is 0 Å². The lowest BCUT2D eigenvalue weighted by molar-refractivity contribution is 0.555. The maximum atomic E-state index is 5.49. The second-order valence-electron chi connectivity index (χ2n) is 27.2. The van der Waals surface area contributed by atoms with Crippen LogP contribution in [0.4, 0.5) is 0 Å². The molecule has 0 bridgehead atoms. The molecule has 0 aliphatic heterocycles. The number of benzene rings is 2. The molecule has 0 spiro atoms. The minimum Gasteiger partial charge on any atom is -0.160 e. The van der Waals surface area contributed by atoms with E-state index in [2.05, 4.69) is 232 Å². The van der Waals surface area contributed by atoms with Crippen LogP contribution in [0.15, 0.2) is 24.3 Å². The normalized spacial score (nSPS) is 14.8. The van der Waals surface area contributed by atoms with Crippen LogP contribution in [-0.2, 0) is 0 Å². The quantitative estimate of drug-likeness (QED) is 0.147. The first-order valence-electron chi connectivity index (χ1n) is 24.2. The maximum Gasteiger partial charge on any atom is 0.0927 e. The van der Waals surface area contributed by atoms with E-state index < -0.39 is 37.9 Å². The van der Waals surface area contributed by atoms with E-state index in [0.29, 0.717) is 35.5 Å². The van der Waals surface area contributed by atoms with Crippen LogP contribution in [0.2, 0.25) is 30.2 Å². The van der Waals surface area contributed by atoms with Crippen LogP contribution in [-0.4, -0.2) is 37.9 Å². The summed E-state index contributed by atoms with van der Waals surface area (Å²) in [5.41, 5.74) is 9.82. The van der Waals surface area contributed by atoms with E-state index in [1.54, 1.807) is 22.3 Å². The van der Waals surface area contributed by atoms with Gasteiger partial charge >= 0.3 is 0 Å². The van der Waals surface area contributed by atoms with E-state index in [9.17, 15) is 0 Å². The van der Waals surface area contributed by atoms with Gasteiger partial charge in [-0.05, 0) is 99.1 Å². The molecule has 0 heterocycles. The van der Waals surface area contributed by atoms with Crippen molar-refractivity contribution in [3.05, 3.63) is 57.6 Å². The predicted molar refractivity (Wildman–Crippen MR) is 292 cm³/mol. The van der Waals surface area contributed by atoms with Gasteiger partial charge in [-0.15, -0.1) is 0 Å². The number of rotatable bonds is 12. The van der Waals surface area contributed by atoms with Crippen molar-refractivity contribution in [2.75, 3.05) is 0 Å². The Balaban J connectivity index is 4.01. The molecule has 6 heteroatoms. The lowest BCUT2D eigenvalue weighted by Gasteiger charge is -2.67. The Morgan fingerprint density at radius 1 is 0.333 bits per heavy atom. The van der Waals surface area contributed by atoms with Crippen molar-refractivity contribution in [1.82, 2.24) is 0 Å². The molecule has 0 saturated carbocycles. The van der Waals surface area contributed by atoms with Gasteiger partial charge in [-0.25, -0.2) is 0 Å². The summed E-state index contributed by atoms with van der Waals surface area (Å²) in [4.78, 5) is 0. The fraction of sp³-hybridized carbons (Fsp3) is 0.778. The molecular formula is C54H101PSi5. The Kier molecular flexibility index (Phi) is 17.3. The van der Waals surface area contributed by atoms with Crippen LogP contribution in [0.25, 0.3) is 0 Å². The lowest BCUT2D eigenvalue weighted by atomic mass is 9.89. The largest absolute Gasteiger partial charge is 0.160 e. The average molecular weight is 922 g/mol. The molecule has 2 rings (SSSR count). The predicted octanol–water partition coefficient (Wildman–Crippen LogP) is 17.7. The first kappa shape index (κ1) is 56.0. The first-order valence-corrected chi connectivity index (χ1v) is 38.2. The smallest absolute Gasteiger partial charge is 0.0927 e. The van der Waals surface area contributed by atoms with Gasteiger partial charge in [0, 0.05) is 7.08 Å². The van der Waals surface area contributed by atoms with Crippen molar-refractivity contribution in [3.8, 4) is 0 Å². The van der Waals surface area contributed by atoms with Crippen molar-refractivity contribution in [2.24, 2.45) is 0 Å². The Labute approximate surface area is 385 Å². The molecule has 60 heavy (non-hydrogen) atoms. The maximum absolute atomic E-state index is 5.49. The molecule has 0 atom stereocenters. The van der Waals surface area contributed by atoms with Gasteiger partial charge in [-0.3, -0.25) is 0 Å². The van der Waals surface area contributed by atoms with Crippen molar-refractivity contribution in [2.45, 2.75) is 273 Å². The van der Waals surface area contributed by atoms with Crippen molar-refractivity contribution < 1.29 is 0 Å². The Morgan fingerprint density at radius 2 is 0.500 bits per heavy atom. The Hall–Kier alpha value is -0.176. The number of hydrogen-bond acceptors (Lipinski definition) is 0. The molecule has 2 aromatic rings. The zero-order chi connectivity index (χ0) is 47.6. The summed E-state index contributed by atoms with van der Waals surface area (Å²) in [7, 11) is -3.44. The zero-order valence-corrected chi connectivity index (χ0v) is 51.8. The van der Waals surface area contributed by atoms with E-state index in [-0.39, 0.29) is 30.2 Å². The Morgan fingerprint density at radius 3 is 0.617 bits per heavy atom. The van der Waals surface area contributed by atoms with Gasteiger partial charge in [-0.2, -0.15) is 8.38 Å². The minimum absolute atomic E-state index is 0.158. The van der Waals surface area contributed by atoms with E-state index in [1.807, 2.05) is 10.4 Å². The summed E-state index contributed by atoms with van der Waals surface area (Å²) < 4.78 is 0. The van der Waals surface area contributed by atoms with Crippen LogP contribution in [0.1, 0.15) is 277 Å². The molecular weight excluding hydrogens is 820 g/mol. The van der Waals surface area contributed by atoms with Crippen molar-refractivity contribution >= 4 is 56.7 Å². The third kappa shape index (κ3) is 9.83. The molecule has 0 unspecified atom stereocenters. The minimum atomic E-state index is -2.46. The van der Waals surface area contributed by atoms with Crippen LogP contribution >= 0.6 is 8.38 Å². The molecule has 0 N–H and O–H groups in total. The van der Waals surface area contributed by atoms with Gasteiger partial charge in [0.15, 0.2) is 0 Å². The summed E-state index contributed by atoms with van der Waals surface area (Å²) in [6, 6.07) is 10.9. The fourth-order valence-electron chi connectivity index (χ4n) is 14.6. The van der Waals surface area contributed by atoms with Gasteiger partial charge < -0.3 is 0 Å². The molecule has 0 aliphatic rings. The SMILES string of the molecule is CC(C)c1cc(C(C)C)c([Si]([Si](=P)[Si](c2c(C(C)C)cc(C(C)C)cc2C(C)C)[Si](C(C)(C)C)(C(C)(C)C)C(C)(C)C)[Si](C(C)(C)C)(C(C)(C)C)C(C)(C)C)c(C(C)C)c1. The monoisotopic (exact) mass is 921 g/mol. The lowest BCUT2D eigenvalue weighted by Crippen LogP contribution is -2.84. The Bertz CT molecular complexity index is 1540. The van der Waals surface area contributed by atoms with Gasteiger partial charge in [0.1, 0.15) is 0 Å². The highest BCUT2D eigenvalue weighted by Gasteiger charge is 2.71. The standard InChI is InChI=1S/C54H101PSi5/c1-35(2)41-31-43(37(5)6)47(44(32-41)38(7)8)56(59(49(13,14)15,50(16,17)18)51(19,20)21)58(55)57(60(52(22,23)24,53(25,26)27)54(28,29)30)48-45(39(9)10)33-42(36(3)4)34-46(48)40(11)12/h31-40,55H,1-30H3. The topological polar surface area (TPSA) is 0 Å². The summed E-state index contributed by atoms with van der Waals surface area (Å²) in [6.07, 6.45) is 0. The first-order chi connectivity index (χ1) is 26.5. The third-order valence-corrected chi connectivity index (χ3v) is 86.2. The summed E-state index contributed by atoms with van der Waals surface area (Å²) in [5.74, 6) is 2.82. The summed E-state index contributed by atoms with van der Waals surface area (Å²) in [6.45, 7) is 78.9. The highest BCUT2D eigenvalue weighted by molar-refractivity contribution is 7.92. The van der Waals surface area contributed by atoms with Gasteiger partial charge in [0.25, 0.3) is 0 Å². The second kappa shape index (κ2) is 18.6. The fourth-order valence-corrected chi connectivity index (χ4v) is 125. The zero-order valence-electron chi connectivity index (χ0n) is 45.8. The van der Waals surface area contributed by atoms with Crippen molar-refractivity contribution in [1.29, 1.82) is 0 Å². The molecule has 342 valence electrons.